The molecule has 0 fully saturated rings. The number of hydrazone groups is 1. The summed E-state index contributed by atoms with van der Waals surface area (Å²) >= 11 is 0. The van der Waals surface area contributed by atoms with Crippen molar-refractivity contribution in [2.45, 2.75) is 18.4 Å². The molecule has 0 unspecified atom stereocenters. The predicted molar refractivity (Wildman–Crippen MR) is 130 cm³/mol. The van der Waals surface area contributed by atoms with Crippen molar-refractivity contribution in [2.75, 3.05) is 20.7 Å². The number of amides is 1. The first-order valence-corrected chi connectivity index (χ1v) is 11.9. The molecular weight excluding hydrogens is 454 g/mol. The molecule has 1 amide bonds. The van der Waals surface area contributed by atoms with Crippen LogP contribution < -0.4 is 14.9 Å². The summed E-state index contributed by atoms with van der Waals surface area (Å²) < 4.78 is 37.7. The Hall–Kier alpha value is -3.69. The van der Waals surface area contributed by atoms with Gasteiger partial charge in [0, 0.05) is 7.05 Å². The highest BCUT2D eigenvalue weighted by Crippen LogP contribution is 2.27. The second-order valence-corrected chi connectivity index (χ2v) is 9.57. The fraction of sp³-hybridized carbons (Fsp3) is 0.200. The van der Waals surface area contributed by atoms with E-state index in [1.807, 2.05) is 48.5 Å². The number of nitrogens with one attached hydrogen (secondary N) is 1. The van der Waals surface area contributed by atoms with Crippen LogP contribution in [0, 0.1) is 6.92 Å². The highest BCUT2D eigenvalue weighted by Gasteiger charge is 2.26. The van der Waals surface area contributed by atoms with E-state index in [0.717, 1.165) is 21.0 Å². The van der Waals surface area contributed by atoms with Crippen molar-refractivity contribution in [3.8, 4) is 11.5 Å². The molecule has 1 N–H and O–H groups in total. The molecule has 0 aliphatic rings. The Balaban J connectivity index is 1.57. The average molecular weight is 482 g/mol. The quantitative estimate of drug-likeness (QED) is 0.354. The van der Waals surface area contributed by atoms with Crippen molar-refractivity contribution in [2.24, 2.45) is 5.10 Å². The van der Waals surface area contributed by atoms with E-state index in [9.17, 15) is 13.2 Å². The topological polar surface area (TPSA) is 97.3 Å². The van der Waals surface area contributed by atoms with Gasteiger partial charge in [-0.1, -0.05) is 48.5 Å². The minimum absolute atomic E-state index is 0.00104. The van der Waals surface area contributed by atoms with Crippen molar-refractivity contribution in [1.82, 2.24) is 9.73 Å². The highest BCUT2D eigenvalue weighted by atomic mass is 32.2. The van der Waals surface area contributed by atoms with Crippen LogP contribution in [0.25, 0.3) is 0 Å². The molecule has 0 aliphatic heterocycles. The molecule has 0 heterocycles. The Kier molecular flexibility index (Phi) is 8.39. The maximum Gasteiger partial charge on any atom is 0.255 e. The molecule has 0 aromatic heterocycles. The van der Waals surface area contributed by atoms with Crippen LogP contribution in [-0.2, 0) is 21.4 Å². The molecule has 3 aromatic carbocycles. The third kappa shape index (κ3) is 6.66. The van der Waals surface area contributed by atoms with Gasteiger partial charge >= 0.3 is 0 Å². The smallest absolute Gasteiger partial charge is 0.255 e. The molecule has 3 aromatic rings. The Morgan fingerprint density at radius 1 is 1.06 bits per heavy atom. The van der Waals surface area contributed by atoms with Crippen molar-refractivity contribution < 1.29 is 22.7 Å². The first kappa shape index (κ1) is 24.9. The highest BCUT2D eigenvalue weighted by molar-refractivity contribution is 7.89. The third-order valence-electron chi connectivity index (χ3n) is 4.88. The SMILES string of the molecule is COc1ccc(C)cc1S(=O)(=O)N(C)CC(=O)NN=Cc1cccc(OCc2ccccc2)c1. The monoisotopic (exact) mass is 481 g/mol. The number of ether oxygens (including phenoxy) is 2. The Morgan fingerprint density at radius 3 is 2.56 bits per heavy atom. The van der Waals surface area contributed by atoms with Crippen molar-refractivity contribution in [3.05, 3.63) is 89.5 Å². The number of aryl methyl sites for hydroxylation is 1. The maximum atomic E-state index is 12.9. The summed E-state index contributed by atoms with van der Waals surface area (Å²) in [7, 11) is -1.21. The lowest BCUT2D eigenvalue weighted by Crippen LogP contribution is -2.36. The van der Waals surface area contributed by atoms with E-state index >= 15 is 0 Å². The normalized spacial score (nSPS) is 11.5. The number of benzene rings is 3. The van der Waals surface area contributed by atoms with Crippen LogP contribution in [0.5, 0.6) is 11.5 Å². The third-order valence-corrected chi connectivity index (χ3v) is 6.71. The lowest BCUT2D eigenvalue weighted by atomic mass is 10.2. The molecular formula is C25H27N3O5S. The van der Waals surface area contributed by atoms with Crippen molar-refractivity contribution in [3.63, 3.8) is 0 Å². The number of methoxy groups -OCH3 is 1. The van der Waals surface area contributed by atoms with Crippen molar-refractivity contribution in [1.29, 1.82) is 0 Å². The molecule has 3 rings (SSSR count). The zero-order chi connectivity index (χ0) is 24.6. The van der Waals surface area contributed by atoms with Gasteiger partial charge in [0.1, 0.15) is 23.0 Å². The van der Waals surface area contributed by atoms with Gasteiger partial charge in [-0.2, -0.15) is 9.41 Å². The minimum atomic E-state index is -3.93. The van der Waals surface area contributed by atoms with Crippen LogP contribution >= 0.6 is 0 Å². The Morgan fingerprint density at radius 2 is 1.82 bits per heavy atom. The largest absolute Gasteiger partial charge is 0.495 e. The predicted octanol–water partition coefficient (Wildman–Crippen LogP) is 3.35. The molecule has 0 saturated carbocycles. The van der Waals surface area contributed by atoms with Crippen LogP contribution in [0.2, 0.25) is 0 Å². The zero-order valence-corrected chi connectivity index (χ0v) is 20.1. The van der Waals surface area contributed by atoms with Gasteiger partial charge in [-0.25, -0.2) is 13.8 Å². The molecule has 0 aliphatic carbocycles. The Bertz CT molecular complexity index is 1260. The van der Waals surface area contributed by atoms with Gasteiger partial charge in [0.15, 0.2) is 0 Å². The molecule has 0 spiro atoms. The minimum Gasteiger partial charge on any atom is -0.495 e. The molecule has 8 nitrogen and oxygen atoms in total. The molecule has 0 saturated heterocycles. The number of hydrogen-bond donors (Lipinski definition) is 1. The summed E-state index contributed by atoms with van der Waals surface area (Å²) in [6.07, 6.45) is 1.46. The van der Waals surface area contributed by atoms with Crippen LogP contribution in [0.1, 0.15) is 16.7 Å². The van der Waals surface area contributed by atoms with E-state index in [1.165, 1.54) is 26.4 Å². The number of nitrogens with zero attached hydrogens (tertiary/aromatic N) is 2. The summed E-state index contributed by atoms with van der Waals surface area (Å²) in [5.74, 6) is 0.299. The number of rotatable bonds is 10. The van der Waals surface area contributed by atoms with Gasteiger partial charge in [0.2, 0.25) is 10.0 Å². The van der Waals surface area contributed by atoms with Crippen LogP contribution in [0.4, 0.5) is 0 Å². The van der Waals surface area contributed by atoms with Crippen LogP contribution in [0.3, 0.4) is 0 Å². The molecule has 0 atom stereocenters. The Labute approximate surface area is 199 Å². The number of carbonyl (C=O) groups excluding carboxylic acids is 1. The van der Waals surface area contributed by atoms with Crippen LogP contribution in [0.15, 0.2) is 82.8 Å². The van der Waals surface area contributed by atoms with Gasteiger partial charge in [-0.05, 0) is 47.9 Å². The summed E-state index contributed by atoms with van der Waals surface area (Å²) in [6.45, 7) is 1.81. The fourth-order valence-corrected chi connectivity index (χ4v) is 4.44. The van der Waals surface area contributed by atoms with Gasteiger partial charge in [0.25, 0.3) is 5.91 Å². The molecule has 178 valence electrons. The molecule has 0 bridgehead atoms. The summed E-state index contributed by atoms with van der Waals surface area (Å²) in [5.41, 5.74) is 4.89. The van der Waals surface area contributed by atoms with Gasteiger partial charge in [-0.3, -0.25) is 4.79 Å². The van der Waals surface area contributed by atoms with E-state index in [2.05, 4.69) is 10.5 Å². The first-order valence-electron chi connectivity index (χ1n) is 10.5. The fourth-order valence-electron chi connectivity index (χ4n) is 3.08. The average Bonchev–Trinajstić information content (AvgIpc) is 2.83. The van der Waals surface area contributed by atoms with Gasteiger partial charge < -0.3 is 9.47 Å². The van der Waals surface area contributed by atoms with Gasteiger partial charge in [-0.15, -0.1) is 0 Å². The van der Waals surface area contributed by atoms with Gasteiger partial charge in [0.05, 0.1) is 19.9 Å². The van der Waals surface area contributed by atoms with E-state index in [1.54, 1.807) is 25.1 Å². The lowest BCUT2D eigenvalue weighted by molar-refractivity contribution is -0.121. The summed E-state index contributed by atoms with van der Waals surface area (Å²) in [4.78, 5) is 12.3. The molecule has 9 heteroatoms. The van der Waals surface area contributed by atoms with Crippen molar-refractivity contribution >= 4 is 22.1 Å². The van der Waals surface area contributed by atoms with E-state index in [-0.39, 0.29) is 10.6 Å². The molecule has 34 heavy (non-hydrogen) atoms. The summed E-state index contributed by atoms with van der Waals surface area (Å²) in [6, 6.07) is 21.9. The lowest BCUT2D eigenvalue weighted by Gasteiger charge is -2.18. The van der Waals surface area contributed by atoms with E-state index < -0.39 is 22.5 Å². The van der Waals surface area contributed by atoms with E-state index in [4.69, 9.17) is 9.47 Å². The number of carbonyl (C=O) groups is 1. The summed E-state index contributed by atoms with van der Waals surface area (Å²) in [5, 5.41) is 3.93. The number of likely N-dealkylation sites (N-methyl/N-ethyl adjacent to an activating group) is 1. The van der Waals surface area contributed by atoms with E-state index in [0.29, 0.717) is 12.4 Å². The second kappa shape index (κ2) is 11.4. The standard InChI is InChI=1S/C25H27N3O5S/c1-19-12-13-23(32-3)24(14-19)34(30,31)28(2)17-25(29)27-26-16-21-10-7-11-22(15-21)33-18-20-8-5-4-6-9-20/h4-16H,17-18H2,1-3H3,(H,27,29). The maximum absolute atomic E-state index is 12.9. The zero-order valence-electron chi connectivity index (χ0n) is 19.3. The van der Waals surface area contributed by atoms with Crippen LogP contribution in [-0.4, -0.2) is 45.5 Å². The molecule has 0 radical (unpaired) electrons. The number of sulfonamides is 1. The number of hydrogen-bond acceptors (Lipinski definition) is 6. The first-order chi connectivity index (χ1) is 16.3. The second-order valence-electron chi connectivity index (χ2n) is 7.56.